The molecule has 0 bridgehead atoms. The van der Waals surface area contributed by atoms with Crippen molar-refractivity contribution in [3.05, 3.63) is 86.6 Å². The molecule has 1 fully saturated rings. The Labute approximate surface area is 241 Å². The Balaban J connectivity index is 1.28. The normalized spacial score (nSPS) is 15.5. The van der Waals surface area contributed by atoms with Crippen LogP contribution in [0.15, 0.2) is 69.1 Å². The van der Waals surface area contributed by atoms with Crippen LogP contribution in [0, 0.1) is 0 Å². The number of aromatic amines is 1. The average Bonchev–Trinajstić information content (AvgIpc) is 3.40. The van der Waals surface area contributed by atoms with Crippen LogP contribution >= 0.6 is 0 Å². The number of piperazine rings is 1. The number of nitrogens with zero attached hydrogens (tertiary/aromatic N) is 4. The average molecular weight is 578 g/mol. The van der Waals surface area contributed by atoms with Crippen molar-refractivity contribution in [1.82, 2.24) is 23.3 Å². The minimum absolute atomic E-state index is 0.115. The minimum Gasteiger partial charge on any atom is -0.349 e. The zero-order valence-electron chi connectivity index (χ0n) is 24.5. The molecule has 0 atom stereocenters. The Morgan fingerprint density at radius 2 is 1.54 bits per heavy atom. The molecule has 0 spiro atoms. The fourth-order valence-electron chi connectivity index (χ4n) is 5.41. The van der Waals surface area contributed by atoms with E-state index in [9.17, 15) is 18.0 Å². The first-order valence-electron chi connectivity index (χ1n) is 14.1. The molecule has 0 radical (unpaired) electrons. The molecule has 0 unspecified atom stereocenters. The molecule has 1 saturated heterocycles. The molecule has 0 aliphatic carbocycles. The molecule has 1 aliphatic heterocycles. The van der Waals surface area contributed by atoms with Crippen molar-refractivity contribution in [3.8, 4) is 11.3 Å². The van der Waals surface area contributed by atoms with Crippen LogP contribution in [0.2, 0.25) is 0 Å². The van der Waals surface area contributed by atoms with E-state index < -0.39 is 10.0 Å². The topological polar surface area (TPSA) is 100 Å². The molecule has 0 saturated carbocycles. The summed E-state index contributed by atoms with van der Waals surface area (Å²) in [5.41, 5.74) is 4.19. The third-order valence-corrected chi connectivity index (χ3v) is 9.86. The van der Waals surface area contributed by atoms with Crippen molar-refractivity contribution >= 4 is 21.1 Å². The SMILES string of the molecule is CCCn1c(=O)c2[nH]c(-c3ccc(S(=O)(=O)N4CCN(Cc5ccc(C(C)(C)C)cc5)CC4)cc3)cc2n(C)c1=O. The first-order chi connectivity index (χ1) is 19.4. The molecule has 2 aromatic carbocycles. The molecule has 4 aromatic rings. The summed E-state index contributed by atoms with van der Waals surface area (Å²) in [4.78, 5) is 31.2. The van der Waals surface area contributed by atoms with Crippen molar-refractivity contribution < 1.29 is 8.42 Å². The van der Waals surface area contributed by atoms with Gasteiger partial charge in [-0.05, 0) is 46.7 Å². The zero-order chi connectivity index (χ0) is 29.5. The first kappa shape index (κ1) is 29.0. The summed E-state index contributed by atoms with van der Waals surface area (Å²) in [5.74, 6) is 0. The standard InChI is InChI=1S/C31H39N5O4S/c1-6-15-36-29(37)28-27(33(5)30(36)38)20-26(32-28)23-9-13-25(14-10-23)41(39,40)35-18-16-34(17-19-35)21-22-7-11-24(12-8-22)31(2,3)4/h7-14,20,32H,6,15-19,21H2,1-5H3. The molecule has 3 heterocycles. The van der Waals surface area contributed by atoms with E-state index >= 15 is 0 Å². The van der Waals surface area contributed by atoms with Crippen LogP contribution in [0.3, 0.4) is 0 Å². The number of benzene rings is 2. The number of rotatable bonds is 7. The number of sulfonamides is 1. The highest BCUT2D eigenvalue weighted by Crippen LogP contribution is 2.26. The number of nitrogens with one attached hydrogen (secondary N) is 1. The fourth-order valence-corrected chi connectivity index (χ4v) is 6.83. The summed E-state index contributed by atoms with van der Waals surface area (Å²) in [6.45, 7) is 11.9. The number of H-pyrrole nitrogens is 1. The summed E-state index contributed by atoms with van der Waals surface area (Å²) in [6, 6.07) is 17.1. The van der Waals surface area contributed by atoms with E-state index in [0.29, 0.717) is 55.9 Å². The fraction of sp³-hybridized carbons (Fsp3) is 0.419. The van der Waals surface area contributed by atoms with Crippen LogP contribution in [-0.2, 0) is 35.6 Å². The molecule has 0 amide bonds. The molecule has 10 heteroatoms. The first-order valence-corrected chi connectivity index (χ1v) is 15.6. The maximum absolute atomic E-state index is 13.4. The van der Waals surface area contributed by atoms with Gasteiger partial charge in [0.25, 0.3) is 5.56 Å². The number of hydrogen-bond donors (Lipinski definition) is 1. The van der Waals surface area contributed by atoms with E-state index in [2.05, 4.69) is 54.9 Å². The Morgan fingerprint density at radius 1 is 0.902 bits per heavy atom. The van der Waals surface area contributed by atoms with Gasteiger partial charge in [-0.15, -0.1) is 0 Å². The van der Waals surface area contributed by atoms with Gasteiger partial charge in [-0.1, -0.05) is 64.1 Å². The van der Waals surface area contributed by atoms with Gasteiger partial charge >= 0.3 is 5.69 Å². The zero-order valence-corrected chi connectivity index (χ0v) is 25.3. The van der Waals surface area contributed by atoms with Gasteiger partial charge in [-0.2, -0.15) is 4.31 Å². The smallest absolute Gasteiger partial charge is 0.331 e. The highest BCUT2D eigenvalue weighted by Gasteiger charge is 2.28. The monoisotopic (exact) mass is 577 g/mol. The van der Waals surface area contributed by atoms with E-state index in [1.807, 2.05) is 6.92 Å². The summed E-state index contributed by atoms with van der Waals surface area (Å²) in [5, 5.41) is 0. The molecule has 5 rings (SSSR count). The summed E-state index contributed by atoms with van der Waals surface area (Å²) >= 11 is 0. The quantitative estimate of drug-likeness (QED) is 0.359. The van der Waals surface area contributed by atoms with Gasteiger partial charge in [0.05, 0.1) is 10.4 Å². The summed E-state index contributed by atoms with van der Waals surface area (Å²) in [7, 11) is -1.99. The lowest BCUT2D eigenvalue weighted by Crippen LogP contribution is -2.48. The van der Waals surface area contributed by atoms with Crippen LogP contribution in [0.5, 0.6) is 0 Å². The van der Waals surface area contributed by atoms with Gasteiger partial charge in [0.15, 0.2) is 0 Å². The predicted molar refractivity (Wildman–Crippen MR) is 163 cm³/mol. The summed E-state index contributed by atoms with van der Waals surface area (Å²) in [6.07, 6.45) is 0.671. The van der Waals surface area contributed by atoms with Crippen LogP contribution in [0.25, 0.3) is 22.3 Å². The summed E-state index contributed by atoms with van der Waals surface area (Å²) < 4.78 is 31.1. The molecule has 1 aliphatic rings. The van der Waals surface area contributed by atoms with E-state index in [1.54, 1.807) is 41.7 Å². The molecule has 41 heavy (non-hydrogen) atoms. The number of aromatic nitrogens is 3. The third kappa shape index (κ3) is 5.68. The van der Waals surface area contributed by atoms with Gasteiger partial charge in [-0.3, -0.25) is 18.8 Å². The van der Waals surface area contributed by atoms with Gasteiger partial charge in [0.2, 0.25) is 10.0 Å². The number of hydrogen-bond acceptors (Lipinski definition) is 5. The minimum atomic E-state index is -3.64. The third-order valence-electron chi connectivity index (χ3n) is 7.94. The largest absolute Gasteiger partial charge is 0.349 e. The second kappa shape index (κ2) is 11.1. The van der Waals surface area contributed by atoms with Crippen molar-refractivity contribution in [3.63, 3.8) is 0 Å². The maximum atomic E-state index is 13.4. The lowest BCUT2D eigenvalue weighted by Gasteiger charge is -2.34. The Morgan fingerprint density at radius 3 is 2.12 bits per heavy atom. The van der Waals surface area contributed by atoms with Crippen molar-refractivity contribution in [1.29, 1.82) is 0 Å². The maximum Gasteiger partial charge on any atom is 0.331 e. The number of fused-ring (bicyclic) bond motifs is 1. The molecule has 9 nitrogen and oxygen atoms in total. The van der Waals surface area contributed by atoms with Crippen LogP contribution in [-0.4, -0.2) is 57.9 Å². The Hall–Kier alpha value is -3.47. The van der Waals surface area contributed by atoms with E-state index in [4.69, 9.17) is 0 Å². The van der Waals surface area contributed by atoms with E-state index in [-0.39, 0.29) is 21.6 Å². The second-order valence-electron chi connectivity index (χ2n) is 11.9. The molecule has 2 aromatic heterocycles. The highest BCUT2D eigenvalue weighted by atomic mass is 32.2. The van der Waals surface area contributed by atoms with E-state index in [0.717, 1.165) is 12.1 Å². The predicted octanol–water partition coefficient (Wildman–Crippen LogP) is 3.91. The molecular formula is C31H39N5O4S. The van der Waals surface area contributed by atoms with Crippen molar-refractivity contribution in [2.75, 3.05) is 26.2 Å². The van der Waals surface area contributed by atoms with Crippen LogP contribution in [0.4, 0.5) is 0 Å². The molecular weight excluding hydrogens is 538 g/mol. The second-order valence-corrected chi connectivity index (χ2v) is 13.8. The van der Waals surface area contributed by atoms with Gasteiger partial charge in [-0.25, -0.2) is 13.2 Å². The van der Waals surface area contributed by atoms with Crippen molar-refractivity contribution in [2.45, 2.75) is 57.5 Å². The van der Waals surface area contributed by atoms with Crippen molar-refractivity contribution in [2.24, 2.45) is 7.05 Å². The Kier molecular flexibility index (Phi) is 7.84. The van der Waals surface area contributed by atoms with Gasteiger partial charge < -0.3 is 4.98 Å². The van der Waals surface area contributed by atoms with Crippen LogP contribution in [0.1, 0.15) is 45.2 Å². The van der Waals surface area contributed by atoms with Gasteiger partial charge in [0.1, 0.15) is 5.52 Å². The number of aryl methyl sites for hydroxylation is 1. The molecule has 1 N–H and O–H groups in total. The molecule has 218 valence electrons. The lowest BCUT2D eigenvalue weighted by atomic mass is 9.87. The van der Waals surface area contributed by atoms with Gasteiger partial charge in [0, 0.05) is 52.0 Å². The Bertz CT molecular complexity index is 1770. The van der Waals surface area contributed by atoms with E-state index in [1.165, 1.54) is 20.3 Å². The lowest BCUT2D eigenvalue weighted by molar-refractivity contribution is 0.181. The highest BCUT2D eigenvalue weighted by molar-refractivity contribution is 7.89. The van der Waals surface area contributed by atoms with Crippen LogP contribution < -0.4 is 11.2 Å².